The Balaban J connectivity index is 1.90. The van der Waals surface area contributed by atoms with Crippen LogP contribution in [0.15, 0.2) is 30.9 Å². The van der Waals surface area contributed by atoms with Crippen molar-refractivity contribution in [1.29, 1.82) is 0 Å². The Hall–Kier alpha value is -2.04. The van der Waals surface area contributed by atoms with E-state index in [4.69, 9.17) is 0 Å². The molecule has 0 aliphatic heterocycles. The van der Waals surface area contributed by atoms with Gasteiger partial charge in [-0.1, -0.05) is 0 Å². The Kier molecular flexibility index (Phi) is 2.31. The largest absolute Gasteiger partial charge is 0.364 e. The molecule has 2 aromatic heterocycles. The minimum Gasteiger partial charge on any atom is -0.364 e. The first-order chi connectivity index (χ1) is 6.86. The zero-order chi connectivity index (χ0) is 9.80. The molecule has 0 aliphatic rings. The van der Waals surface area contributed by atoms with Gasteiger partial charge in [0.15, 0.2) is 0 Å². The summed E-state index contributed by atoms with van der Waals surface area (Å²) in [7, 11) is 0. The molecular weight excluding hydrogens is 180 g/mol. The van der Waals surface area contributed by atoms with Crippen molar-refractivity contribution in [1.82, 2.24) is 20.3 Å². The maximum atomic E-state index is 11.4. The number of aromatic nitrogens is 3. The van der Waals surface area contributed by atoms with E-state index in [1.807, 2.05) is 18.3 Å². The molecule has 0 fully saturated rings. The van der Waals surface area contributed by atoms with E-state index in [9.17, 15) is 4.79 Å². The number of rotatable bonds is 3. The summed E-state index contributed by atoms with van der Waals surface area (Å²) in [6.45, 7) is 0.491. The molecule has 0 saturated carbocycles. The molecule has 0 saturated heterocycles. The minimum atomic E-state index is -0.155. The van der Waals surface area contributed by atoms with E-state index < -0.39 is 0 Å². The lowest BCUT2D eigenvalue weighted by atomic mass is 10.4. The maximum Gasteiger partial charge on any atom is 0.269 e. The third-order valence-corrected chi connectivity index (χ3v) is 1.84. The summed E-state index contributed by atoms with van der Waals surface area (Å²) < 4.78 is 0. The van der Waals surface area contributed by atoms with Gasteiger partial charge in [0, 0.05) is 11.9 Å². The summed E-state index contributed by atoms with van der Waals surface area (Å²) >= 11 is 0. The SMILES string of the molecule is O=C(NCc1ccc[nH]1)c1cnc[nH]1. The van der Waals surface area contributed by atoms with Crippen LogP contribution >= 0.6 is 0 Å². The molecule has 72 valence electrons. The van der Waals surface area contributed by atoms with Gasteiger partial charge in [-0.2, -0.15) is 0 Å². The van der Waals surface area contributed by atoms with Crippen LogP contribution < -0.4 is 5.32 Å². The van der Waals surface area contributed by atoms with Crippen LogP contribution in [0.1, 0.15) is 16.2 Å². The quantitative estimate of drug-likeness (QED) is 0.665. The lowest BCUT2D eigenvalue weighted by molar-refractivity contribution is 0.0946. The van der Waals surface area contributed by atoms with E-state index in [0.717, 1.165) is 5.69 Å². The van der Waals surface area contributed by atoms with Crippen LogP contribution in [0.4, 0.5) is 0 Å². The lowest BCUT2D eigenvalue weighted by Crippen LogP contribution is -2.23. The smallest absolute Gasteiger partial charge is 0.269 e. The molecule has 0 atom stereocenters. The highest BCUT2D eigenvalue weighted by molar-refractivity contribution is 5.91. The fraction of sp³-hybridized carbons (Fsp3) is 0.111. The number of carbonyl (C=O) groups is 1. The fourth-order valence-electron chi connectivity index (χ4n) is 1.13. The third kappa shape index (κ3) is 1.82. The van der Waals surface area contributed by atoms with Gasteiger partial charge in [-0.25, -0.2) is 4.98 Å². The number of H-pyrrole nitrogens is 2. The third-order valence-electron chi connectivity index (χ3n) is 1.84. The van der Waals surface area contributed by atoms with E-state index >= 15 is 0 Å². The summed E-state index contributed by atoms with van der Waals surface area (Å²) in [6, 6.07) is 3.80. The molecule has 0 unspecified atom stereocenters. The second kappa shape index (κ2) is 3.78. The normalized spacial score (nSPS) is 10.0. The summed E-state index contributed by atoms with van der Waals surface area (Å²) in [4.78, 5) is 20.9. The number of amides is 1. The monoisotopic (exact) mass is 190 g/mol. The van der Waals surface area contributed by atoms with Crippen molar-refractivity contribution in [3.63, 3.8) is 0 Å². The first-order valence-corrected chi connectivity index (χ1v) is 4.25. The number of imidazole rings is 1. The molecule has 0 aliphatic carbocycles. The summed E-state index contributed by atoms with van der Waals surface area (Å²) in [6.07, 6.45) is 4.78. The van der Waals surface area contributed by atoms with Crippen LogP contribution in [0.25, 0.3) is 0 Å². The van der Waals surface area contributed by atoms with Crippen LogP contribution in [0.3, 0.4) is 0 Å². The van der Waals surface area contributed by atoms with E-state index in [1.54, 1.807) is 0 Å². The van der Waals surface area contributed by atoms with Crippen molar-refractivity contribution in [2.45, 2.75) is 6.54 Å². The number of hydrogen-bond acceptors (Lipinski definition) is 2. The number of hydrogen-bond donors (Lipinski definition) is 3. The van der Waals surface area contributed by atoms with E-state index in [2.05, 4.69) is 20.3 Å². The van der Waals surface area contributed by atoms with Gasteiger partial charge in [0.1, 0.15) is 5.69 Å². The van der Waals surface area contributed by atoms with Gasteiger partial charge in [-0.3, -0.25) is 4.79 Å². The second-order valence-electron chi connectivity index (χ2n) is 2.84. The average molecular weight is 190 g/mol. The molecule has 0 aromatic carbocycles. The highest BCUT2D eigenvalue weighted by Crippen LogP contribution is 1.95. The Labute approximate surface area is 80.6 Å². The van der Waals surface area contributed by atoms with Gasteiger partial charge >= 0.3 is 0 Å². The Morgan fingerprint density at radius 2 is 2.43 bits per heavy atom. The van der Waals surface area contributed by atoms with Gasteiger partial charge in [-0.15, -0.1) is 0 Å². The van der Waals surface area contributed by atoms with Crippen LogP contribution in [-0.4, -0.2) is 20.9 Å². The predicted octanol–water partition coefficient (Wildman–Crippen LogP) is 0.668. The van der Waals surface area contributed by atoms with Crippen LogP contribution in [0.2, 0.25) is 0 Å². The highest BCUT2D eigenvalue weighted by Gasteiger charge is 2.05. The molecule has 1 amide bonds. The molecule has 2 rings (SSSR count). The fourth-order valence-corrected chi connectivity index (χ4v) is 1.13. The van der Waals surface area contributed by atoms with Gasteiger partial charge in [-0.05, 0) is 12.1 Å². The van der Waals surface area contributed by atoms with Crippen molar-refractivity contribution in [2.75, 3.05) is 0 Å². The van der Waals surface area contributed by atoms with Crippen molar-refractivity contribution in [3.05, 3.63) is 42.2 Å². The molecule has 0 radical (unpaired) electrons. The molecule has 5 heteroatoms. The van der Waals surface area contributed by atoms with Crippen molar-refractivity contribution < 1.29 is 4.79 Å². The van der Waals surface area contributed by atoms with Crippen molar-refractivity contribution in [2.24, 2.45) is 0 Å². The van der Waals surface area contributed by atoms with Crippen molar-refractivity contribution in [3.8, 4) is 0 Å². The first kappa shape index (κ1) is 8.55. The minimum absolute atomic E-state index is 0.155. The van der Waals surface area contributed by atoms with E-state index in [1.165, 1.54) is 12.5 Å². The molecular formula is C9H10N4O. The summed E-state index contributed by atoms with van der Waals surface area (Å²) in [5.41, 5.74) is 1.44. The second-order valence-corrected chi connectivity index (χ2v) is 2.84. The highest BCUT2D eigenvalue weighted by atomic mass is 16.1. The standard InChI is InChI=1S/C9H10N4O/c14-9(8-5-10-6-13-8)12-4-7-2-1-3-11-7/h1-3,5-6,11H,4H2,(H,10,13)(H,12,14). The molecule has 2 heterocycles. The zero-order valence-corrected chi connectivity index (χ0v) is 7.45. The summed E-state index contributed by atoms with van der Waals surface area (Å²) in [5.74, 6) is -0.155. The molecule has 2 aromatic rings. The molecule has 0 bridgehead atoms. The van der Waals surface area contributed by atoms with Gasteiger partial charge < -0.3 is 15.3 Å². The number of nitrogens with zero attached hydrogens (tertiary/aromatic N) is 1. The van der Waals surface area contributed by atoms with Crippen LogP contribution in [-0.2, 0) is 6.54 Å². The number of carbonyl (C=O) groups excluding carboxylic acids is 1. The maximum absolute atomic E-state index is 11.4. The molecule has 5 nitrogen and oxygen atoms in total. The van der Waals surface area contributed by atoms with Gasteiger partial charge in [0.05, 0.1) is 19.1 Å². The van der Waals surface area contributed by atoms with Gasteiger partial charge in [0.25, 0.3) is 5.91 Å². The van der Waals surface area contributed by atoms with Crippen LogP contribution in [0.5, 0.6) is 0 Å². The number of nitrogens with one attached hydrogen (secondary N) is 3. The molecule has 14 heavy (non-hydrogen) atoms. The first-order valence-electron chi connectivity index (χ1n) is 4.25. The Morgan fingerprint density at radius 3 is 3.07 bits per heavy atom. The number of aromatic amines is 2. The average Bonchev–Trinajstić information content (AvgIpc) is 2.87. The zero-order valence-electron chi connectivity index (χ0n) is 7.45. The lowest BCUT2D eigenvalue weighted by Gasteiger charge is -2.00. The van der Waals surface area contributed by atoms with Crippen molar-refractivity contribution >= 4 is 5.91 Å². The van der Waals surface area contributed by atoms with E-state index in [-0.39, 0.29) is 5.91 Å². The van der Waals surface area contributed by atoms with Crippen LogP contribution in [0, 0.1) is 0 Å². The topological polar surface area (TPSA) is 73.6 Å². The van der Waals surface area contributed by atoms with E-state index in [0.29, 0.717) is 12.2 Å². The molecule has 3 N–H and O–H groups in total. The van der Waals surface area contributed by atoms with Gasteiger partial charge in [0.2, 0.25) is 0 Å². The molecule has 0 spiro atoms. The Morgan fingerprint density at radius 1 is 1.50 bits per heavy atom. The predicted molar refractivity (Wildman–Crippen MR) is 50.6 cm³/mol. The Bertz CT molecular complexity index is 390. The summed E-state index contributed by atoms with van der Waals surface area (Å²) in [5, 5.41) is 2.75.